The summed E-state index contributed by atoms with van der Waals surface area (Å²) in [5, 5.41) is 14.7. The number of rotatable bonds is 4. The molecule has 0 aliphatic rings. The van der Waals surface area contributed by atoms with E-state index in [0.717, 1.165) is 6.07 Å². The van der Waals surface area contributed by atoms with Gasteiger partial charge in [0, 0.05) is 5.56 Å². The van der Waals surface area contributed by atoms with E-state index in [4.69, 9.17) is 5.11 Å². The number of aromatic amines is 1. The van der Waals surface area contributed by atoms with Crippen molar-refractivity contribution in [3.63, 3.8) is 0 Å². The fourth-order valence-electron chi connectivity index (χ4n) is 1.58. The average molecular weight is 285 g/mol. The standard InChI is InChI=1S/C11H12FN3O3S/c1-7-4-9(12)2-3-10(7)15-19(17,18)11-8(6-16)5-13-14-11/h2-5,15-16H,6H2,1H3,(H,13,14). The molecule has 3 N–H and O–H groups in total. The van der Waals surface area contributed by atoms with E-state index in [0.29, 0.717) is 5.56 Å². The summed E-state index contributed by atoms with van der Waals surface area (Å²) in [6, 6.07) is 3.71. The summed E-state index contributed by atoms with van der Waals surface area (Å²) in [4.78, 5) is 0. The molecule has 0 atom stereocenters. The van der Waals surface area contributed by atoms with Crippen LogP contribution in [0.3, 0.4) is 0 Å². The van der Waals surface area contributed by atoms with Crippen LogP contribution in [-0.2, 0) is 16.6 Å². The molecule has 2 aromatic rings. The highest BCUT2D eigenvalue weighted by atomic mass is 32.2. The number of benzene rings is 1. The lowest BCUT2D eigenvalue weighted by atomic mass is 10.2. The first-order valence-corrected chi connectivity index (χ1v) is 6.84. The van der Waals surface area contributed by atoms with Crippen LogP contribution in [0.15, 0.2) is 29.4 Å². The molecule has 0 saturated heterocycles. The van der Waals surface area contributed by atoms with Gasteiger partial charge in [-0.1, -0.05) is 0 Å². The zero-order valence-corrected chi connectivity index (χ0v) is 10.8. The van der Waals surface area contributed by atoms with Crippen molar-refractivity contribution in [1.29, 1.82) is 0 Å². The molecule has 0 aliphatic carbocycles. The molecule has 0 radical (unpaired) electrons. The Hall–Kier alpha value is -1.93. The Morgan fingerprint density at radius 3 is 2.84 bits per heavy atom. The van der Waals surface area contributed by atoms with Gasteiger partial charge in [0.15, 0.2) is 5.03 Å². The van der Waals surface area contributed by atoms with Crippen molar-refractivity contribution in [2.24, 2.45) is 0 Å². The molecule has 1 aromatic heterocycles. The Labute approximate surface area is 109 Å². The third-order valence-corrected chi connectivity index (χ3v) is 3.93. The molecule has 8 heteroatoms. The summed E-state index contributed by atoms with van der Waals surface area (Å²) in [6.45, 7) is 1.13. The van der Waals surface area contributed by atoms with Crippen LogP contribution in [0.5, 0.6) is 0 Å². The average Bonchev–Trinajstić information content (AvgIpc) is 2.82. The van der Waals surface area contributed by atoms with Gasteiger partial charge < -0.3 is 5.11 Å². The van der Waals surface area contributed by atoms with Crippen molar-refractivity contribution < 1.29 is 17.9 Å². The number of H-pyrrole nitrogens is 1. The highest BCUT2D eigenvalue weighted by molar-refractivity contribution is 7.92. The van der Waals surface area contributed by atoms with Gasteiger partial charge in [-0.05, 0) is 30.7 Å². The summed E-state index contributed by atoms with van der Waals surface area (Å²) < 4.78 is 39.4. The quantitative estimate of drug-likeness (QED) is 0.785. The van der Waals surface area contributed by atoms with Crippen molar-refractivity contribution in [1.82, 2.24) is 10.2 Å². The lowest BCUT2D eigenvalue weighted by Crippen LogP contribution is -2.16. The van der Waals surface area contributed by atoms with E-state index in [2.05, 4.69) is 14.9 Å². The van der Waals surface area contributed by atoms with Crippen molar-refractivity contribution in [2.75, 3.05) is 4.72 Å². The third-order valence-electron chi connectivity index (χ3n) is 2.55. The summed E-state index contributed by atoms with van der Waals surface area (Å²) >= 11 is 0. The van der Waals surface area contributed by atoms with E-state index in [-0.39, 0.29) is 16.3 Å². The molecule has 0 bridgehead atoms. The molecule has 2 rings (SSSR count). The van der Waals surface area contributed by atoms with E-state index >= 15 is 0 Å². The van der Waals surface area contributed by atoms with Crippen LogP contribution < -0.4 is 4.72 Å². The summed E-state index contributed by atoms with van der Waals surface area (Å²) in [5.41, 5.74) is 0.876. The monoisotopic (exact) mass is 285 g/mol. The zero-order chi connectivity index (χ0) is 14.0. The number of hydrogen-bond donors (Lipinski definition) is 3. The molecular formula is C11H12FN3O3S. The van der Waals surface area contributed by atoms with Gasteiger partial charge in [-0.25, -0.2) is 4.39 Å². The first-order valence-electron chi connectivity index (χ1n) is 5.36. The van der Waals surface area contributed by atoms with Crippen molar-refractivity contribution in [2.45, 2.75) is 18.6 Å². The van der Waals surface area contributed by atoms with Crippen LogP contribution in [0.1, 0.15) is 11.1 Å². The molecule has 6 nitrogen and oxygen atoms in total. The number of aryl methyl sites for hydroxylation is 1. The summed E-state index contributed by atoms with van der Waals surface area (Å²) in [7, 11) is -3.90. The van der Waals surface area contributed by atoms with Gasteiger partial charge >= 0.3 is 0 Å². The van der Waals surface area contributed by atoms with Crippen molar-refractivity contribution in [3.8, 4) is 0 Å². The molecule has 1 heterocycles. The van der Waals surface area contributed by atoms with E-state index in [1.807, 2.05) is 0 Å². The Balaban J connectivity index is 2.37. The fourth-order valence-corrected chi connectivity index (χ4v) is 2.84. The molecule has 1 aromatic carbocycles. The summed E-state index contributed by atoms with van der Waals surface area (Å²) in [6.07, 6.45) is 1.23. The van der Waals surface area contributed by atoms with Crippen LogP contribution in [0.2, 0.25) is 0 Å². The number of halogens is 1. The Morgan fingerprint density at radius 1 is 1.47 bits per heavy atom. The minimum Gasteiger partial charge on any atom is -0.392 e. The Bertz CT molecular complexity index is 697. The Morgan fingerprint density at radius 2 is 2.21 bits per heavy atom. The maximum atomic E-state index is 12.9. The molecule has 0 saturated carbocycles. The van der Waals surface area contributed by atoms with Gasteiger partial charge in [0.1, 0.15) is 5.82 Å². The number of nitrogens with zero attached hydrogens (tertiary/aromatic N) is 1. The maximum Gasteiger partial charge on any atom is 0.279 e. The molecule has 0 fully saturated rings. The van der Waals surface area contributed by atoms with Gasteiger partial charge in [0.05, 0.1) is 18.5 Å². The Kier molecular flexibility index (Phi) is 3.54. The molecule has 0 aliphatic heterocycles. The first-order chi connectivity index (χ1) is 8.94. The molecule has 102 valence electrons. The number of hydrogen-bond acceptors (Lipinski definition) is 4. The van der Waals surface area contributed by atoms with Crippen LogP contribution in [0.25, 0.3) is 0 Å². The number of aromatic nitrogens is 2. The molecule has 0 unspecified atom stereocenters. The zero-order valence-electron chi connectivity index (χ0n) is 10.0. The normalized spacial score (nSPS) is 11.5. The maximum absolute atomic E-state index is 12.9. The van der Waals surface area contributed by atoms with E-state index in [1.165, 1.54) is 18.3 Å². The highest BCUT2D eigenvalue weighted by Crippen LogP contribution is 2.21. The second kappa shape index (κ2) is 4.98. The minimum absolute atomic E-state index is 0.160. The molecular weight excluding hydrogens is 273 g/mol. The second-order valence-corrected chi connectivity index (χ2v) is 5.57. The topological polar surface area (TPSA) is 95.1 Å². The number of aliphatic hydroxyl groups is 1. The van der Waals surface area contributed by atoms with Crippen molar-refractivity contribution in [3.05, 3.63) is 41.3 Å². The largest absolute Gasteiger partial charge is 0.392 e. The molecule has 0 spiro atoms. The lowest BCUT2D eigenvalue weighted by molar-refractivity contribution is 0.278. The van der Waals surface area contributed by atoms with E-state index in [9.17, 15) is 12.8 Å². The SMILES string of the molecule is Cc1cc(F)ccc1NS(=O)(=O)c1[nH]ncc1CO. The first kappa shape index (κ1) is 13.5. The van der Waals surface area contributed by atoms with Crippen LogP contribution in [-0.4, -0.2) is 23.7 Å². The van der Waals surface area contributed by atoms with Crippen LogP contribution in [0.4, 0.5) is 10.1 Å². The predicted molar refractivity (Wildman–Crippen MR) is 66.5 cm³/mol. The number of anilines is 1. The molecule has 19 heavy (non-hydrogen) atoms. The van der Waals surface area contributed by atoms with Crippen LogP contribution >= 0.6 is 0 Å². The summed E-state index contributed by atoms with van der Waals surface area (Å²) in [5.74, 6) is -0.446. The van der Waals surface area contributed by atoms with E-state index < -0.39 is 22.4 Å². The second-order valence-electron chi connectivity index (χ2n) is 3.95. The lowest BCUT2D eigenvalue weighted by Gasteiger charge is -2.10. The highest BCUT2D eigenvalue weighted by Gasteiger charge is 2.21. The van der Waals surface area contributed by atoms with Gasteiger partial charge in [0.25, 0.3) is 10.0 Å². The third kappa shape index (κ3) is 2.74. The smallest absolute Gasteiger partial charge is 0.279 e. The van der Waals surface area contributed by atoms with Crippen LogP contribution in [0, 0.1) is 12.7 Å². The minimum atomic E-state index is -3.90. The van der Waals surface area contributed by atoms with Gasteiger partial charge in [0.2, 0.25) is 0 Å². The van der Waals surface area contributed by atoms with E-state index in [1.54, 1.807) is 6.92 Å². The van der Waals surface area contributed by atoms with Crippen molar-refractivity contribution >= 4 is 15.7 Å². The number of sulfonamides is 1. The number of nitrogens with one attached hydrogen (secondary N) is 2. The molecule has 0 amide bonds. The predicted octanol–water partition coefficient (Wildman–Crippen LogP) is 1.15. The number of aliphatic hydroxyl groups excluding tert-OH is 1. The van der Waals surface area contributed by atoms with Gasteiger partial charge in [-0.3, -0.25) is 9.82 Å². The van der Waals surface area contributed by atoms with Gasteiger partial charge in [-0.15, -0.1) is 0 Å². The fraction of sp³-hybridized carbons (Fsp3) is 0.182. The van der Waals surface area contributed by atoms with Gasteiger partial charge in [-0.2, -0.15) is 13.5 Å².